The Bertz CT molecular complexity index is 1170. The summed E-state index contributed by atoms with van der Waals surface area (Å²) in [5.41, 5.74) is 6.98. The Balaban J connectivity index is 1.36. The number of ketones is 1. The first-order valence-electron chi connectivity index (χ1n) is 10.2. The Kier molecular flexibility index (Phi) is 5.65. The van der Waals surface area contributed by atoms with E-state index in [1.54, 1.807) is 12.4 Å². The maximum Gasteiger partial charge on any atom is 0.165 e. The van der Waals surface area contributed by atoms with Crippen LogP contribution in [0.1, 0.15) is 57.2 Å². The van der Waals surface area contributed by atoms with Gasteiger partial charge in [-0.25, -0.2) is 14.5 Å². The lowest BCUT2D eigenvalue weighted by Gasteiger charge is -2.05. The molecule has 0 N–H and O–H groups in total. The highest BCUT2D eigenvalue weighted by atomic mass is 16.1. The predicted molar refractivity (Wildman–Crippen MR) is 116 cm³/mol. The summed E-state index contributed by atoms with van der Waals surface area (Å²) in [5, 5.41) is 4.53. The van der Waals surface area contributed by atoms with Gasteiger partial charge in [-0.05, 0) is 63.4 Å². The molecule has 0 aliphatic carbocycles. The van der Waals surface area contributed by atoms with E-state index in [0.717, 1.165) is 35.4 Å². The lowest BCUT2D eigenvalue weighted by Crippen LogP contribution is -2.05. The van der Waals surface area contributed by atoms with Gasteiger partial charge < -0.3 is 0 Å². The largest absolute Gasteiger partial charge is 0.294 e. The number of hydrogen-bond donors (Lipinski definition) is 0. The minimum absolute atomic E-state index is 0.0696. The number of carbonyl (C=O) groups is 1. The Morgan fingerprint density at radius 1 is 1.07 bits per heavy atom. The molecule has 0 aliphatic heterocycles. The van der Waals surface area contributed by atoms with Crippen LogP contribution in [-0.2, 0) is 12.8 Å². The molecule has 30 heavy (non-hydrogen) atoms. The van der Waals surface area contributed by atoms with Crippen LogP contribution in [0.4, 0.5) is 0 Å². The van der Waals surface area contributed by atoms with Crippen LogP contribution >= 0.6 is 0 Å². The van der Waals surface area contributed by atoms with Gasteiger partial charge in [-0.1, -0.05) is 6.07 Å². The fourth-order valence-electron chi connectivity index (χ4n) is 3.81. The average molecular weight is 399 g/mol. The van der Waals surface area contributed by atoms with E-state index in [-0.39, 0.29) is 5.78 Å². The number of aromatic nitrogens is 5. The zero-order valence-corrected chi connectivity index (χ0v) is 17.6. The smallest absolute Gasteiger partial charge is 0.165 e. The van der Waals surface area contributed by atoms with Crippen molar-refractivity contribution < 1.29 is 4.79 Å². The first kappa shape index (κ1) is 19.9. The van der Waals surface area contributed by atoms with E-state index in [9.17, 15) is 4.79 Å². The number of rotatable bonds is 7. The lowest BCUT2D eigenvalue weighted by atomic mass is 10.0. The van der Waals surface area contributed by atoms with Gasteiger partial charge in [0.1, 0.15) is 5.82 Å². The number of hydrogen-bond acceptors (Lipinski definition) is 5. The van der Waals surface area contributed by atoms with Crippen molar-refractivity contribution in [3.8, 4) is 0 Å². The average Bonchev–Trinajstić information content (AvgIpc) is 3.03. The molecule has 152 valence electrons. The standard InChI is InChI=1S/C24H25N5O/c1-16-11-17(2)27-20(12-16)13-24-25-14-19(15-26-24)23(30)9-6-7-21-18(3)28-29-10-5-4-8-22(21)29/h4-5,8,10-12,14-15H,6-7,9,13H2,1-3H3. The number of fused-ring (bicyclic) bond motifs is 1. The molecular formula is C24H25N5O. The van der Waals surface area contributed by atoms with E-state index in [1.807, 2.05) is 48.8 Å². The molecule has 4 aromatic heterocycles. The third-order valence-electron chi connectivity index (χ3n) is 5.19. The summed E-state index contributed by atoms with van der Waals surface area (Å²) in [6.07, 6.45) is 7.83. The maximum atomic E-state index is 12.6. The zero-order valence-electron chi connectivity index (χ0n) is 17.6. The summed E-state index contributed by atoms with van der Waals surface area (Å²) < 4.78 is 1.89. The topological polar surface area (TPSA) is 73.0 Å². The summed E-state index contributed by atoms with van der Waals surface area (Å²) in [6.45, 7) is 6.05. The van der Waals surface area contributed by atoms with Gasteiger partial charge in [-0.2, -0.15) is 5.10 Å². The molecule has 0 saturated carbocycles. The van der Waals surface area contributed by atoms with Gasteiger partial charge in [-0.15, -0.1) is 0 Å². The normalized spacial score (nSPS) is 11.2. The van der Waals surface area contributed by atoms with E-state index in [2.05, 4.69) is 33.0 Å². The minimum atomic E-state index is 0.0696. The van der Waals surface area contributed by atoms with E-state index < -0.39 is 0 Å². The summed E-state index contributed by atoms with van der Waals surface area (Å²) >= 11 is 0. The summed E-state index contributed by atoms with van der Waals surface area (Å²) in [7, 11) is 0. The second kappa shape index (κ2) is 8.53. The fourth-order valence-corrected chi connectivity index (χ4v) is 3.81. The molecule has 6 heteroatoms. The van der Waals surface area contributed by atoms with E-state index in [1.165, 1.54) is 11.1 Å². The first-order valence-corrected chi connectivity index (χ1v) is 10.2. The number of nitrogens with zero attached hydrogens (tertiary/aromatic N) is 5. The molecule has 4 aromatic rings. The van der Waals surface area contributed by atoms with E-state index in [4.69, 9.17) is 0 Å². The number of Topliss-reactive ketones (excluding diaryl/α,β-unsaturated/α-hetero) is 1. The SMILES string of the molecule is Cc1cc(C)nc(Cc2ncc(C(=O)CCCc3c(C)nn4ccccc34)cn2)c1. The molecule has 0 aromatic carbocycles. The zero-order chi connectivity index (χ0) is 21.1. The monoisotopic (exact) mass is 399 g/mol. The molecule has 4 heterocycles. The number of carbonyl (C=O) groups excluding carboxylic acids is 1. The molecule has 0 unspecified atom stereocenters. The third kappa shape index (κ3) is 4.43. The summed E-state index contributed by atoms with van der Waals surface area (Å²) in [4.78, 5) is 25.9. The molecule has 0 amide bonds. The summed E-state index contributed by atoms with van der Waals surface area (Å²) in [6, 6.07) is 10.1. The Labute approximate surface area is 176 Å². The Morgan fingerprint density at radius 3 is 2.63 bits per heavy atom. The molecule has 0 spiro atoms. The Hall–Kier alpha value is -3.41. The molecule has 0 bridgehead atoms. The quantitative estimate of drug-likeness (QED) is 0.435. The molecule has 0 fully saturated rings. The highest BCUT2D eigenvalue weighted by Crippen LogP contribution is 2.18. The van der Waals surface area contributed by atoms with Gasteiger partial charge in [0.2, 0.25) is 0 Å². The highest BCUT2D eigenvalue weighted by Gasteiger charge is 2.12. The van der Waals surface area contributed by atoms with Crippen LogP contribution < -0.4 is 0 Å². The molecule has 0 atom stereocenters. The second-order valence-electron chi connectivity index (χ2n) is 7.71. The summed E-state index contributed by atoms with van der Waals surface area (Å²) in [5.74, 6) is 0.742. The molecule has 0 aliphatic rings. The molecule has 0 saturated heterocycles. The molecule has 4 rings (SSSR count). The van der Waals surface area contributed by atoms with Crippen molar-refractivity contribution in [2.24, 2.45) is 0 Å². The highest BCUT2D eigenvalue weighted by molar-refractivity contribution is 5.95. The maximum absolute atomic E-state index is 12.6. The molecule has 6 nitrogen and oxygen atoms in total. The van der Waals surface area contributed by atoms with Gasteiger partial charge in [0, 0.05) is 42.0 Å². The van der Waals surface area contributed by atoms with E-state index >= 15 is 0 Å². The van der Waals surface area contributed by atoms with Crippen molar-refractivity contribution in [1.82, 2.24) is 24.6 Å². The van der Waals surface area contributed by atoms with Crippen molar-refractivity contribution in [3.05, 3.63) is 88.5 Å². The minimum Gasteiger partial charge on any atom is -0.294 e. The second-order valence-corrected chi connectivity index (χ2v) is 7.71. The van der Waals surface area contributed by atoms with Crippen molar-refractivity contribution in [2.45, 2.75) is 46.5 Å². The van der Waals surface area contributed by atoms with Crippen LogP contribution in [0, 0.1) is 20.8 Å². The van der Waals surface area contributed by atoms with Crippen molar-refractivity contribution in [1.29, 1.82) is 0 Å². The van der Waals surface area contributed by atoms with Gasteiger partial charge in [0.15, 0.2) is 5.78 Å². The van der Waals surface area contributed by atoms with Gasteiger partial charge in [0.05, 0.1) is 23.2 Å². The van der Waals surface area contributed by atoms with Crippen molar-refractivity contribution in [2.75, 3.05) is 0 Å². The van der Waals surface area contributed by atoms with Crippen LogP contribution in [0.25, 0.3) is 5.52 Å². The number of aryl methyl sites for hydroxylation is 4. The van der Waals surface area contributed by atoms with Crippen molar-refractivity contribution >= 4 is 11.3 Å². The molecule has 0 radical (unpaired) electrons. The number of pyridine rings is 2. The van der Waals surface area contributed by atoms with E-state index in [0.29, 0.717) is 24.2 Å². The van der Waals surface area contributed by atoms with Gasteiger partial charge >= 0.3 is 0 Å². The lowest BCUT2D eigenvalue weighted by molar-refractivity contribution is 0.0979. The predicted octanol–water partition coefficient (Wildman–Crippen LogP) is 4.24. The van der Waals surface area contributed by atoms with Crippen LogP contribution in [-0.4, -0.2) is 30.3 Å². The van der Waals surface area contributed by atoms with Crippen LogP contribution in [0.2, 0.25) is 0 Å². The van der Waals surface area contributed by atoms with Crippen molar-refractivity contribution in [3.63, 3.8) is 0 Å². The molecular weight excluding hydrogens is 374 g/mol. The van der Waals surface area contributed by atoms with Crippen LogP contribution in [0.5, 0.6) is 0 Å². The first-order chi connectivity index (χ1) is 14.5. The van der Waals surface area contributed by atoms with Gasteiger partial charge in [-0.3, -0.25) is 9.78 Å². The third-order valence-corrected chi connectivity index (χ3v) is 5.19. The van der Waals surface area contributed by atoms with Crippen LogP contribution in [0.15, 0.2) is 48.9 Å². The van der Waals surface area contributed by atoms with Crippen LogP contribution in [0.3, 0.4) is 0 Å². The van der Waals surface area contributed by atoms with Gasteiger partial charge in [0.25, 0.3) is 0 Å². The Morgan fingerprint density at radius 2 is 1.87 bits per heavy atom. The fraction of sp³-hybridized carbons (Fsp3) is 0.292.